The summed E-state index contributed by atoms with van der Waals surface area (Å²) in [6.07, 6.45) is 12.8. The predicted molar refractivity (Wildman–Crippen MR) is 581 cm³/mol. The molecule has 0 saturated heterocycles. The van der Waals surface area contributed by atoms with E-state index in [0.29, 0.717) is 0 Å². The number of hydrogen-bond acceptors (Lipinski definition) is 8. The van der Waals surface area contributed by atoms with Crippen LogP contribution in [0.1, 0.15) is 50.1 Å². The first kappa shape index (κ1) is 82.7. The number of hydrogen-bond donors (Lipinski definition) is 0. The van der Waals surface area contributed by atoms with Gasteiger partial charge in [0.1, 0.15) is 0 Å². The van der Waals surface area contributed by atoms with Crippen molar-refractivity contribution < 1.29 is 0 Å². The van der Waals surface area contributed by atoms with E-state index in [9.17, 15) is 0 Å². The predicted octanol–water partition coefficient (Wildman–Crippen LogP) is 30.9. The lowest BCUT2D eigenvalue weighted by molar-refractivity contribution is 1.07. The molecule has 4 heterocycles. The summed E-state index contributed by atoms with van der Waals surface area (Å²) in [4.78, 5) is 0. The third kappa shape index (κ3) is 14.2. The van der Waals surface area contributed by atoms with Crippen molar-refractivity contribution in [3.63, 3.8) is 0 Å². The summed E-state index contributed by atoms with van der Waals surface area (Å²) in [5.74, 6) is 6.64. The highest BCUT2D eigenvalue weighted by atomic mass is 15.3. The van der Waals surface area contributed by atoms with E-state index >= 15 is 0 Å². The molecule has 4 aliphatic carbocycles. The van der Waals surface area contributed by atoms with Gasteiger partial charge in [0.25, 0.3) is 0 Å². The van der Waals surface area contributed by atoms with Crippen LogP contribution in [0.25, 0.3) is 217 Å². The molecule has 0 radical (unpaired) electrons. The molecule has 0 unspecified atom stereocenters. The Morgan fingerprint density at radius 2 is 0.401 bits per heavy atom. The van der Waals surface area contributed by atoms with E-state index in [1.807, 2.05) is 72.8 Å². The number of allylic oxidation sites excluding steroid dienone is 4. The highest BCUT2D eigenvalue weighted by molar-refractivity contribution is 6.28. The van der Waals surface area contributed by atoms with Gasteiger partial charge in [-0.25, -0.2) is 0 Å². The Morgan fingerprint density at radius 3 is 0.739 bits per heavy atom. The summed E-state index contributed by atoms with van der Waals surface area (Å²) in [6, 6.07) is 159. The summed E-state index contributed by atoms with van der Waals surface area (Å²) >= 11 is 0. The van der Waals surface area contributed by atoms with Crippen molar-refractivity contribution in [2.75, 3.05) is 0 Å². The van der Waals surface area contributed by atoms with Gasteiger partial charge in [0.05, 0.1) is 17.1 Å². The number of fused-ring (bicyclic) bond motifs is 2. The maximum atomic E-state index is 4.79. The second kappa shape index (κ2) is 34.8. The van der Waals surface area contributed by atoms with Crippen LogP contribution in [0.2, 0.25) is 0 Å². The molecule has 29 rings (SSSR count). The maximum Gasteiger partial charge on any atom is 0.168 e. The number of nitrogens with zero attached hydrogens (tertiary/aromatic N) is 12. The van der Waals surface area contributed by atoms with Crippen LogP contribution in [0, 0.1) is 0 Å². The minimum Gasteiger partial charge on any atom is -0.275 e. The average Bonchev–Trinajstić information content (AvgIpc) is 1.64. The molecule has 142 heavy (non-hydrogen) atoms. The van der Waals surface area contributed by atoms with E-state index in [2.05, 4.69) is 429 Å². The molecule has 0 bridgehead atoms. The highest BCUT2D eigenvalue weighted by Crippen LogP contribution is 2.50. The molecule has 0 saturated carbocycles. The topological polar surface area (TPSA) is 123 Å². The normalized spacial score (nSPS) is 12.8. The van der Waals surface area contributed by atoms with Crippen LogP contribution in [-0.2, 0) is 25.7 Å². The molecule has 4 aliphatic rings. The fourth-order valence-corrected chi connectivity index (χ4v) is 22.1. The van der Waals surface area contributed by atoms with Crippen molar-refractivity contribution in [2.24, 2.45) is 0 Å². The SMILES string of the molecule is C1=C(c2ccc3ccccc3c2)c2ccc3c4c(ccc(c24)C1)C(n1c(-c2ccccc2)nnc1-c1ccccc1)=CC3.C1=C(n2c(-c3ccccc3)nnc2-c2ccccc2)c2ccc3c4c(ccc(c24)C1)C(n1c(-c2ccccc2)nnc1-c1ccccc1)=CC3.c1ccc(-c2nnc(-c3ccccc3)n2-c2ccc(-c3ccc4ccc5c(-c6ccc7ccccc7c6)ccc6ccc3c4c65)cc2)cc1. The van der Waals surface area contributed by atoms with E-state index in [1.165, 1.54) is 153 Å². The van der Waals surface area contributed by atoms with Crippen molar-refractivity contribution in [3.05, 3.63) is 523 Å². The largest absolute Gasteiger partial charge is 0.275 e. The van der Waals surface area contributed by atoms with Gasteiger partial charge in [0, 0.05) is 66.9 Å². The first-order valence-electron chi connectivity index (χ1n) is 48.5. The lowest BCUT2D eigenvalue weighted by Crippen LogP contribution is -2.13. The molecule has 12 heteroatoms. The number of aromatic nitrogens is 12. The zero-order chi connectivity index (χ0) is 93.7. The summed E-state index contributed by atoms with van der Waals surface area (Å²) in [5, 5.41) is 56.1. The van der Waals surface area contributed by atoms with E-state index in [0.717, 1.165) is 140 Å². The van der Waals surface area contributed by atoms with Crippen LogP contribution in [0.4, 0.5) is 0 Å². The lowest BCUT2D eigenvalue weighted by Gasteiger charge is -2.27. The van der Waals surface area contributed by atoms with Crippen molar-refractivity contribution in [1.82, 2.24) is 59.1 Å². The second-order valence-corrected chi connectivity index (χ2v) is 36.8. The Hall–Kier alpha value is -18.8. The van der Waals surface area contributed by atoms with Crippen LogP contribution in [0.15, 0.2) is 473 Å². The Bertz CT molecular complexity index is 8990. The molecule has 12 nitrogen and oxygen atoms in total. The van der Waals surface area contributed by atoms with Gasteiger partial charge in [0.15, 0.2) is 46.6 Å². The van der Waals surface area contributed by atoms with Gasteiger partial charge >= 0.3 is 0 Å². The molecule has 666 valence electrons. The minimum absolute atomic E-state index is 0.805. The summed E-state index contributed by atoms with van der Waals surface area (Å²) in [5.41, 5.74) is 30.4. The smallest absolute Gasteiger partial charge is 0.168 e. The zero-order valence-electron chi connectivity index (χ0n) is 77.2. The molecule has 0 amide bonds. The fourth-order valence-electron chi connectivity index (χ4n) is 22.1. The summed E-state index contributed by atoms with van der Waals surface area (Å²) < 4.78 is 8.92. The molecule has 4 aromatic heterocycles. The molecule has 0 aliphatic heterocycles. The first-order valence-corrected chi connectivity index (χ1v) is 48.5. The van der Waals surface area contributed by atoms with E-state index in [-0.39, 0.29) is 0 Å². The molecule has 0 atom stereocenters. The Kier molecular flexibility index (Phi) is 20.2. The van der Waals surface area contributed by atoms with Crippen LogP contribution in [0.3, 0.4) is 0 Å². The van der Waals surface area contributed by atoms with Gasteiger partial charge in [0.2, 0.25) is 0 Å². The minimum atomic E-state index is 0.805. The zero-order valence-corrected chi connectivity index (χ0v) is 77.2. The van der Waals surface area contributed by atoms with Gasteiger partial charge < -0.3 is 0 Å². The van der Waals surface area contributed by atoms with Gasteiger partial charge in [-0.15, -0.1) is 40.8 Å². The molecular formula is C130H86N12. The highest BCUT2D eigenvalue weighted by Gasteiger charge is 2.33. The molecular weight excluding hydrogens is 1730 g/mol. The molecule has 25 aromatic rings. The third-order valence-corrected chi connectivity index (χ3v) is 28.7. The van der Waals surface area contributed by atoms with E-state index in [1.54, 1.807) is 0 Å². The first-order chi connectivity index (χ1) is 70.5. The summed E-state index contributed by atoms with van der Waals surface area (Å²) in [6.45, 7) is 0. The number of benzene rings is 21. The van der Waals surface area contributed by atoms with E-state index < -0.39 is 0 Å². The second-order valence-electron chi connectivity index (χ2n) is 36.8. The fraction of sp³-hybridized carbons (Fsp3) is 0.0308. The van der Waals surface area contributed by atoms with Gasteiger partial charge in [-0.05, 0) is 187 Å². The van der Waals surface area contributed by atoms with Gasteiger partial charge in [-0.2, -0.15) is 0 Å². The Balaban J connectivity index is 0.000000107. The van der Waals surface area contributed by atoms with E-state index in [4.69, 9.17) is 30.6 Å². The molecule has 0 fully saturated rings. The van der Waals surface area contributed by atoms with Crippen molar-refractivity contribution in [1.29, 1.82) is 0 Å². The maximum absolute atomic E-state index is 4.79. The average molecular weight is 1820 g/mol. The van der Waals surface area contributed by atoms with Gasteiger partial charge in [-0.3, -0.25) is 18.3 Å². The molecule has 0 N–H and O–H groups in total. The van der Waals surface area contributed by atoms with Crippen molar-refractivity contribution in [2.45, 2.75) is 25.7 Å². The quantitative estimate of drug-likeness (QED) is 0.0930. The van der Waals surface area contributed by atoms with Crippen LogP contribution in [-0.4, -0.2) is 59.1 Å². The standard InChI is InChI=1S/C46H29N3.C44H30N6.C40H27N3/c1-3-10-34(11-4-1)45-47-48-46(35-12-5-2-6-13-35)49(45)38-23-17-31(18-24-38)39-25-19-32-22-28-42-40(26-20-33-21-27-41(39)43(32)44(33)42)37-16-15-30-9-7-8-14-36(30)29-37;1-5-13-31(14-6-1)41-45-46-42(32-15-7-2-8-16-32)49(41)37-27-23-29-22-26-36-38(28-24-30-21-25-35(37)39(29)40(30)36)50-43(33-17-9-3-10-18-33)47-48-44(50)34-19-11-4-12-20-34;1-3-10-29(11-4-1)39-41-42-40(30-12-5-2-6-13-30)43(39)36-24-20-28-18-22-34-33(21-17-27-19-23-35(36)38(28)37(27)34)32-16-15-26-9-7-8-14-31(26)25-32/h1-29H;1-22,25-28H,23-24H2;1-16,18-19,21-25H,17,20H2. The van der Waals surface area contributed by atoms with Crippen LogP contribution in [0.5, 0.6) is 0 Å². The summed E-state index contributed by atoms with van der Waals surface area (Å²) in [7, 11) is 0. The van der Waals surface area contributed by atoms with Crippen LogP contribution >= 0.6 is 0 Å². The number of rotatable bonds is 15. The molecule has 21 aromatic carbocycles. The molecule has 0 spiro atoms. The monoisotopic (exact) mass is 1810 g/mol. The van der Waals surface area contributed by atoms with Crippen LogP contribution < -0.4 is 0 Å². The Labute approximate surface area is 819 Å². The third-order valence-electron chi connectivity index (χ3n) is 28.7. The lowest BCUT2D eigenvalue weighted by atomic mass is 9.80. The Morgan fingerprint density at radius 1 is 0.155 bits per heavy atom. The van der Waals surface area contributed by atoms with Crippen molar-refractivity contribution in [3.8, 4) is 119 Å². The van der Waals surface area contributed by atoms with Gasteiger partial charge in [-0.1, -0.05) is 449 Å². The van der Waals surface area contributed by atoms with Crippen molar-refractivity contribution >= 4 is 98.1 Å².